The van der Waals surface area contributed by atoms with Gasteiger partial charge in [-0.15, -0.1) is 0 Å². The smallest absolute Gasteiger partial charge is 0.306 e. The van der Waals surface area contributed by atoms with E-state index in [0.717, 1.165) is 57.8 Å². The summed E-state index contributed by atoms with van der Waals surface area (Å²) in [5, 5.41) is 0. The first-order chi connectivity index (χ1) is 23.5. The van der Waals surface area contributed by atoms with Crippen molar-refractivity contribution in [3.8, 4) is 0 Å². The molecule has 2 atom stereocenters. The maximum absolute atomic E-state index is 12.6. The van der Waals surface area contributed by atoms with E-state index in [0.29, 0.717) is 23.9 Å². The van der Waals surface area contributed by atoms with Gasteiger partial charge in [0.2, 0.25) is 0 Å². The number of carbonyl (C=O) groups excluding carboxylic acids is 2. The summed E-state index contributed by atoms with van der Waals surface area (Å²) in [6.07, 6.45) is 35.6. The summed E-state index contributed by atoms with van der Waals surface area (Å²) in [6.45, 7) is 3.97. The van der Waals surface area contributed by atoms with Crippen molar-refractivity contribution in [2.75, 3.05) is 47.5 Å². The zero-order valence-electron chi connectivity index (χ0n) is 31.4. The van der Waals surface area contributed by atoms with E-state index < -0.39 is 32.5 Å². The maximum atomic E-state index is 12.6. The number of hydrogen-bond donors (Lipinski definition) is 0. The van der Waals surface area contributed by atoms with Crippen LogP contribution in [0.1, 0.15) is 123 Å². The molecule has 0 rings (SSSR count). The van der Waals surface area contributed by atoms with Crippen molar-refractivity contribution in [2.24, 2.45) is 0 Å². The van der Waals surface area contributed by atoms with E-state index in [4.69, 9.17) is 18.5 Å². The van der Waals surface area contributed by atoms with Gasteiger partial charge in [-0.05, 0) is 51.4 Å². The molecule has 0 spiro atoms. The Kier molecular flexibility index (Phi) is 30.2. The second-order valence-corrected chi connectivity index (χ2v) is 14.6. The highest BCUT2D eigenvalue weighted by Crippen LogP contribution is 2.38. The molecule has 0 N–H and O–H groups in total. The average Bonchev–Trinajstić information content (AvgIpc) is 3.04. The molecule has 0 amide bonds. The van der Waals surface area contributed by atoms with Crippen LogP contribution in [0, 0.1) is 0 Å². The zero-order valence-corrected chi connectivity index (χ0v) is 32.3. The Morgan fingerprint density at radius 3 is 1.71 bits per heavy atom. The van der Waals surface area contributed by atoms with Crippen LogP contribution >= 0.6 is 7.82 Å². The fraction of sp³-hybridized carbons (Fsp3) is 0.692. The van der Waals surface area contributed by atoms with Crippen LogP contribution in [0.3, 0.4) is 0 Å². The lowest BCUT2D eigenvalue weighted by molar-refractivity contribution is -0.870. The number of nitrogens with zero attached hydrogens (tertiary/aromatic N) is 1. The zero-order chi connectivity index (χ0) is 36.5. The Balaban J connectivity index is 4.55. The molecule has 0 aromatic carbocycles. The molecule has 0 aliphatic carbocycles. The Morgan fingerprint density at radius 2 is 1.16 bits per heavy atom. The quantitative estimate of drug-likeness (QED) is 0.0224. The van der Waals surface area contributed by atoms with Gasteiger partial charge in [0.15, 0.2) is 6.10 Å². The van der Waals surface area contributed by atoms with Crippen molar-refractivity contribution >= 4 is 19.8 Å². The molecule has 0 heterocycles. The number of likely N-dealkylation sites (N-methyl/N-ethyl adjacent to an activating group) is 1. The fourth-order valence-electron chi connectivity index (χ4n) is 4.39. The van der Waals surface area contributed by atoms with Crippen LogP contribution in [0.25, 0.3) is 0 Å². The largest absolute Gasteiger partial charge is 0.756 e. The van der Waals surface area contributed by atoms with E-state index in [1.165, 1.54) is 25.7 Å². The molecule has 10 heteroatoms. The van der Waals surface area contributed by atoms with Gasteiger partial charge in [-0.25, -0.2) is 0 Å². The Labute approximate surface area is 298 Å². The Morgan fingerprint density at radius 1 is 0.653 bits per heavy atom. The molecule has 9 nitrogen and oxygen atoms in total. The summed E-state index contributed by atoms with van der Waals surface area (Å²) in [6, 6.07) is 0. The summed E-state index contributed by atoms with van der Waals surface area (Å²) in [4.78, 5) is 37.2. The topological polar surface area (TPSA) is 111 Å². The Hall–Kier alpha value is -2.29. The van der Waals surface area contributed by atoms with Gasteiger partial charge in [-0.3, -0.25) is 14.2 Å². The first kappa shape index (κ1) is 46.7. The van der Waals surface area contributed by atoms with Crippen LogP contribution in [0.2, 0.25) is 0 Å². The van der Waals surface area contributed by atoms with Gasteiger partial charge >= 0.3 is 11.9 Å². The molecular formula is C39H68NO8P. The van der Waals surface area contributed by atoms with Gasteiger partial charge in [0.1, 0.15) is 19.8 Å². The predicted octanol–water partition coefficient (Wildman–Crippen LogP) is 9.10. The van der Waals surface area contributed by atoms with Gasteiger partial charge in [0.25, 0.3) is 7.82 Å². The molecule has 0 radical (unpaired) electrons. The molecule has 0 aromatic rings. The lowest BCUT2D eigenvalue weighted by Crippen LogP contribution is -2.37. The highest BCUT2D eigenvalue weighted by atomic mass is 31.2. The van der Waals surface area contributed by atoms with E-state index in [9.17, 15) is 19.0 Å². The number of quaternary nitrogens is 1. The molecule has 0 aromatic heterocycles. The SMILES string of the molecule is CC/C=C\C/C=C\C/C=C\C/C=C\C/C=C\CCCC(=O)OC(COC(=O)CCCCCCCCCC)COP(=O)([O-])OCC[N+](C)(C)C. The van der Waals surface area contributed by atoms with E-state index in [1.54, 1.807) is 0 Å². The first-order valence-electron chi connectivity index (χ1n) is 18.5. The molecule has 0 aliphatic rings. The van der Waals surface area contributed by atoms with E-state index in [1.807, 2.05) is 27.2 Å². The summed E-state index contributed by atoms with van der Waals surface area (Å²) in [7, 11) is 1.12. The third kappa shape index (κ3) is 35.3. The van der Waals surface area contributed by atoms with E-state index >= 15 is 0 Å². The molecule has 49 heavy (non-hydrogen) atoms. The molecule has 0 aliphatic heterocycles. The summed E-state index contributed by atoms with van der Waals surface area (Å²) in [5.41, 5.74) is 0. The first-order valence-corrected chi connectivity index (χ1v) is 20.0. The molecule has 0 saturated heterocycles. The number of allylic oxidation sites excluding steroid dienone is 10. The van der Waals surface area contributed by atoms with Crippen molar-refractivity contribution in [3.05, 3.63) is 60.8 Å². The van der Waals surface area contributed by atoms with Crippen LogP contribution in [0.5, 0.6) is 0 Å². The van der Waals surface area contributed by atoms with Crippen LogP contribution < -0.4 is 4.89 Å². The lowest BCUT2D eigenvalue weighted by atomic mass is 10.1. The normalized spacial score (nSPS) is 14.5. The highest BCUT2D eigenvalue weighted by molar-refractivity contribution is 7.45. The highest BCUT2D eigenvalue weighted by Gasteiger charge is 2.21. The van der Waals surface area contributed by atoms with Crippen molar-refractivity contribution in [1.82, 2.24) is 0 Å². The monoisotopic (exact) mass is 709 g/mol. The third-order valence-corrected chi connectivity index (χ3v) is 8.27. The maximum Gasteiger partial charge on any atom is 0.306 e. The number of ether oxygens (including phenoxy) is 2. The molecule has 0 fully saturated rings. The van der Waals surface area contributed by atoms with Crippen molar-refractivity contribution in [3.63, 3.8) is 0 Å². The molecule has 2 unspecified atom stereocenters. The van der Waals surface area contributed by atoms with Crippen LogP contribution in [0.4, 0.5) is 0 Å². The fourth-order valence-corrected chi connectivity index (χ4v) is 5.12. The number of hydrogen-bond acceptors (Lipinski definition) is 8. The van der Waals surface area contributed by atoms with Crippen LogP contribution in [0.15, 0.2) is 60.8 Å². The number of unbranched alkanes of at least 4 members (excludes halogenated alkanes) is 8. The van der Waals surface area contributed by atoms with Gasteiger partial charge < -0.3 is 27.9 Å². The predicted molar refractivity (Wildman–Crippen MR) is 199 cm³/mol. The second kappa shape index (κ2) is 31.7. The Bertz CT molecular complexity index is 1030. The lowest BCUT2D eigenvalue weighted by Gasteiger charge is -2.28. The van der Waals surface area contributed by atoms with Gasteiger partial charge in [0, 0.05) is 12.8 Å². The number of carbonyl (C=O) groups is 2. The third-order valence-electron chi connectivity index (χ3n) is 7.30. The van der Waals surface area contributed by atoms with Crippen molar-refractivity contribution < 1.29 is 42.1 Å². The summed E-state index contributed by atoms with van der Waals surface area (Å²) >= 11 is 0. The number of esters is 2. The van der Waals surface area contributed by atoms with Gasteiger partial charge in [-0.1, -0.05) is 120 Å². The van der Waals surface area contributed by atoms with E-state index in [-0.39, 0.29) is 26.1 Å². The van der Waals surface area contributed by atoms with E-state index in [2.05, 4.69) is 68.5 Å². The van der Waals surface area contributed by atoms with Crippen LogP contribution in [-0.2, 0) is 32.7 Å². The molecule has 0 bridgehead atoms. The minimum absolute atomic E-state index is 0.0435. The summed E-state index contributed by atoms with van der Waals surface area (Å²) in [5.74, 6) is -0.915. The van der Waals surface area contributed by atoms with Gasteiger partial charge in [-0.2, -0.15) is 0 Å². The summed E-state index contributed by atoms with van der Waals surface area (Å²) < 4.78 is 33.6. The second-order valence-electron chi connectivity index (χ2n) is 13.2. The average molecular weight is 710 g/mol. The molecular weight excluding hydrogens is 641 g/mol. The van der Waals surface area contributed by atoms with Gasteiger partial charge in [0.05, 0.1) is 27.7 Å². The number of rotatable bonds is 32. The number of phosphoric ester groups is 1. The minimum atomic E-state index is -4.63. The number of phosphoric acid groups is 1. The van der Waals surface area contributed by atoms with Crippen molar-refractivity contribution in [2.45, 2.75) is 129 Å². The molecule has 0 saturated carbocycles. The van der Waals surface area contributed by atoms with Crippen molar-refractivity contribution in [1.29, 1.82) is 0 Å². The van der Waals surface area contributed by atoms with Crippen LogP contribution in [-0.4, -0.2) is 70.0 Å². The minimum Gasteiger partial charge on any atom is -0.756 e. The standard InChI is InChI=1S/C39H68NO8P/c1-6-8-10-12-14-16-17-18-19-20-21-22-23-24-26-28-30-32-39(42)48-37(36-47-49(43,44)46-34-33-40(3,4)5)35-45-38(41)31-29-27-25-15-13-11-9-7-2/h8,10,14,16,18-19,21-22,24,26,37H,6-7,9,11-13,15,17,20,23,25,27-36H2,1-5H3/b10-8-,16-14-,19-18-,22-21-,26-24-. The molecule has 282 valence electrons.